The number of rotatable bonds is 4. The minimum atomic E-state index is -0.681. The van der Waals surface area contributed by atoms with Crippen molar-refractivity contribution in [2.24, 2.45) is 0 Å². The fraction of sp³-hybridized carbons (Fsp3) is 0.556. The average molecular weight is 221 g/mol. The van der Waals surface area contributed by atoms with Crippen molar-refractivity contribution in [2.75, 3.05) is 0 Å². The summed E-state index contributed by atoms with van der Waals surface area (Å²) in [5.41, 5.74) is 0. The summed E-state index contributed by atoms with van der Waals surface area (Å²) in [6.45, 7) is 1.84. The van der Waals surface area contributed by atoms with Crippen molar-refractivity contribution in [1.29, 1.82) is 0 Å². The Morgan fingerprint density at radius 3 is 2.54 bits per heavy atom. The molecular formula is C9H13ClO2S. The van der Waals surface area contributed by atoms with E-state index in [1.54, 1.807) is 6.07 Å². The van der Waals surface area contributed by atoms with Crippen molar-refractivity contribution in [3.63, 3.8) is 0 Å². The van der Waals surface area contributed by atoms with Crippen molar-refractivity contribution in [2.45, 2.75) is 32.0 Å². The Labute approximate surface area is 86.8 Å². The molecule has 0 aromatic carbocycles. The van der Waals surface area contributed by atoms with Gasteiger partial charge in [0.2, 0.25) is 0 Å². The predicted octanol–water partition coefficient (Wildman–Crippen LogP) is 2.08. The summed E-state index contributed by atoms with van der Waals surface area (Å²) in [5, 5.41) is 18.8. The highest BCUT2D eigenvalue weighted by molar-refractivity contribution is 7.16. The van der Waals surface area contributed by atoms with Gasteiger partial charge in [-0.25, -0.2) is 0 Å². The molecule has 0 saturated carbocycles. The van der Waals surface area contributed by atoms with E-state index in [4.69, 9.17) is 11.6 Å². The van der Waals surface area contributed by atoms with Gasteiger partial charge in [-0.15, -0.1) is 11.3 Å². The first-order chi connectivity index (χ1) is 6.13. The van der Waals surface area contributed by atoms with Gasteiger partial charge in [-0.05, 0) is 18.6 Å². The summed E-state index contributed by atoms with van der Waals surface area (Å²) in [4.78, 5) is 1.00. The van der Waals surface area contributed by atoms with E-state index in [2.05, 4.69) is 0 Å². The summed E-state index contributed by atoms with van der Waals surface area (Å²) in [6, 6.07) is 3.67. The lowest BCUT2D eigenvalue weighted by Crippen LogP contribution is -2.26. The molecule has 0 spiro atoms. The van der Waals surface area contributed by atoms with Crippen LogP contribution in [0.2, 0.25) is 4.34 Å². The zero-order valence-electron chi connectivity index (χ0n) is 7.40. The third-order valence-corrected chi connectivity index (χ3v) is 3.16. The van der Waals surface area contributed by atoms with Crippen LogP contribution >= 0.6 is 22.9 Å². The SMILES string of the molecule is CCC(O)C(O)Cc1ccc(Cl)s1. The largest absolute Gasteiger partial charge is 0.390 e. The maximum atomic E-state index is 9.49. The molecule has 2 N–H and O–H groups in total. The highest BCUT2D eigenvalue weighted by atomic mass is 35.5. The van der Waals surface area contributed by atoms with Crippen LogP contribution in [0.15, 0.2) is 12.1 Å². The minimum absolute atomic E-state index is 0.479. The standard InChI is InChI=1S/C9H13ClO2S/c1-2-7(11)8(12)5-6-3-4-9(10)13-6/h3-4,7-8,11-12H,2,5H2,1H3. The van der Waals surface area contributed by atoms with E-state index in [-0.39, 0.29) is 0 Å². The quantitative estimate of drug-likeness (QED) is 0.816. The number of thiophene rings is 1. The van der Waals surface area contributed by atoms with Crippen LogP contribution in [-0.4, -0.2) is 22.4 Å². The first kappa shape index (κ1) is 11.0. The van der Waals surface area contributed by atoms with Crippen LogP contribution in [0.4, 0.5) is 0 Å². The van der Waals surface area contributed by atoms with Crippen molar-refractivity contribution >= 4 is 22.9 Å². The van der Waals surface area contributed by atoms with Crippen LogP contribution in [0.5, 0.6) is 0 Å². The van der Waals surface area contributed by atoms with Crippen molar-refractivity contribution in [3.8, 4) is 0 Å². The zero-order valence-corrected chi connectivity index (χ0v) is 8.98. The van der Waals surface area contributed by atoms with Gasteiger partial charge in [-0.2, -0.15) is 0 Å². The van der Waals surface area contributed by atoms with Gasteiger partial charge < -0.3 is 10.2 Å². The van der Waals surface area contributed by atoms with Gasteiger partial charge in [0, 0.05) is 11.3 Å². The van der Waals surface area contributed by atoms with Crippen LogP contribution < -0.4 is 0 Å². The molecule has 0 fully saturated rings. The molecule has 0 saturated heterocycles. The molecule has 1 heterocycles. The molecule has 2 unspecified atom stereocenters. The average Bonchev–Trinajstić information content (AvgIpc) is 2.49. The van der Waals surface area contributed by atoms with E-state index in [9.17, 15) is 10.2 Å². The van der Waals surface area contributed by atoms with Crippen molar-refractivity contribution < 1.29 is 10.2 Å². The van der Waals surface area contributed by atoms with Gasteiger partial charge in [0.1, 0.15) is 0 Å². The number of hydrogen-bond acceptors (Lipinski definition) is 3. The van der Waals surface area contributed by atoms with Gasteiger partial charge in [0.05, 0.1) is 16.5 Å². The first-order valence-corrected chi connectivity index (χ1v) is 5.43. The highest BCUT2D eigenvalue weighted by Gasteiger charge is 2.15. The second-order valence-electron chi connectivity index (χ2n) is 2.95. The molecule has 2 nitrogen and oxygen atoms in total. The summed E-state index contributed by atoms with van der Waals surface area (Å²) in [6.07, 6.45) is -0.271. The van der Waals surface area contributed by atoms with E-state index in [1.165, 1.54) is 11.3 Å². The molecule has 13 heavy (non-hydrogen) atoms. The second-order valence-corrected chi connectivity index (χ2v) is 4.75. The topological polar surface area (TPSA) is 40.5 Å². The van der Waals surface area contributed by atoms with Crippen LogP contribution in [0.1, 0.15) is 18.2 Å². The fourth-order valence-electron chi connectivity index (χ4n) is 1.08. The predicted molar refractivity (Wildman–Crippen MR) is 55.3 cm³/mol. The molecular weight excluding hydrogens is 208 g/mol. The van der Waals surface area contributed by atoms with Gasteiger partial charge in [0.25, 0.3) is 0 Å². The van der Waals surface area contributed by atoms with E-state index >= 15 is 0 Å². The Morgan fingerprint density at radius 2 is 2.08 bits per heavy atom. The van der Waals surface area contributed by atoms with E-state index in [0.717, 1.165) is 4.88 Å². The van der Waals surface area contributed by atoms with Crippen LogP contribution in [0.3, 0.4) is 0 Å². The molecule has 74 valence electrons. The third-order valence-electron chi connectivity index (χ3n) is 1.90. The Hall–Kier alpha value is -0.0900. The lowest BCUT2D eigenvalue weighted by Gasteiger charge is -2.14. The van der Waals surface area contributed by atoms with Gasteiger partial charge in [-0.3, -0.25) is 0 Å². The van der Waals surface area contributed by atoms with Crippen molar-refractivity contribution in [1.82, 2.24) is 0 Å². The number of aliphatic hydroxyl groups excluding tert-OH is 2. The Bertz CT molecular complexity index is 262. The number of halogens is 1. The highest BCUT2D eigenvalue weighted by Crippen LogP contribution is 2.23. The molecule has 0 aliphatic carbocycles. The maximum Gasteiger partial charge on any atom is 0.0931 e. The fourth-order valence-corrected chi connectivity index (χ4v) is 2.21. The Kier molecular flexibility index (Phi) is 4.19. The zero-order chi connectivity index (χ0) is 9.84. The van der Waals surface area contributed by atoms with Gasteiger partial charge >= 0.3 is 0 Å². The van der Waals surface area contributed by atoms with Crippen LogP contribution in [0.25, 0.3) is 0 Å². The summed E-state index contributed by atoms with van der Waals surface area (Å²) in [7, 11) is 0. The first-order valence-electron chi connectivity index (χ1n) is 4.23. The van der Waals surface area contributed by atoms with Crippen molar-refractivity contribution in [3.05, 3.63) is 21.3 Å². The molecule has 1 rings (SSSR count). The molecule has 0 amide bonds. The Balaban J connectivity index is 2.49. The molecule has 0 radical (unpaired) electrons. The third kappa shape index (κ3) is 3.27. The van der Waals surface area contributed by atoms with E-state index < -0.39 is 12.2 Å². The minimum Gasteiger partial charge on any atom is -0.390 e. The van der Waals surface area contributed by atoms with E-state index in [1.807, 2.05) is 13.0 Å². The molecule has 4 heteroatoms. The molecule has 0 aliphatic rings. The smallest absolute Gasteiger partial charge is 0.0931 e. The number of aliphatic hydroxyl groups is 2. The normalized spacial score (nSPS) is 15.7. The monoisotopic (exact) mass is 220 g/mol. The molecule has 1 aromatic rings. The molecule has 0 bridgehead atoms. The lowest BCUT2D eigenvalue weighted by atomic mass is 10.1. The van der Waals surface area contributed by atoms with Gasteiger partial charge in [0.15, 0.2) is 0 Å². The maximum absolute atomic E-state index is 9.49. The summed E-state index contributed by atoms with van der Waals surface area (Å²) >= 11 is 7.17. The molecule has 0 aliphatic heterocycles. The molecule has 2 atom stereocenters. The van der Waals surface area contributed by atoms with Crippen LogP contribution in [0, 0.1) is 0 Å². The van der Waals surface area contributed by atoms with Gasteiger partial charge in [-0.1, -0.05) is 18.5 Å². The molecule has 1 aromatic heterocycles. The lowest BCUT2D eigenvalue weighted by molar-refractivity contribution is 0.0186. The van der Waals surface area contributed by atoms with E-state index in [0.29, 0.717) is 17.2 Å². The summed E-state index contributed by atoms with van der Waals surface area (Å²) in [5.74, 6) is 0. The Morgan fingerprint density at radius 1 is 1.38 bits per heavy atom. The summed E-state index contributed by atoms with van der Waals surface area (Å²) < 4.78 is 0.716. The van der Waals surface area contributed by atoms with Crippen LogP contribution in [-0.2, 0) is 6.42 Å². The second kappa shape index (κ2) is 4.96. The number of hydrogen-bond donors (Lipinski definition) is 2.